The molecule has 1 saturated carbocycles. The molecule has 98 valence electrons. The van der Waals surface area contributed by atoms with Crippen LogP contribution in [0.1, 0.15) is 38.1 Å². The average molecular weight is 251 g/mol. The minimum atomic E-state index is -0.788. The fourth-order valence-electron chi connectivity index (χ4n) is 1.79. The molecule has 1 heterocycles. The molecule has 2 N–H and O–H groups in total. The normalized spacial score (nSPS) is 14.4. The molecule has 18 heavy (non-hydrogen) atoms. The van der Waals surface area contributed by atoms with Crippen LogP contribution in [0, 0.1) is 0 Å². The van der Waals surface area contributed by atoms with Gasteiger partial charge in [-0.1, -0.05) is 0 Å². The first-order valence-electron chi connectivity index (χ1n) is 6.21. The maximum atomic E-state index is 12.0. The van der Waals surface area contributed by atoms with Crippen LogP contribution in [0.2, 0.25) is 0 Å². The second-order valence-electron chi connectivity index (χ2n) is 4.50. The predicted molar refractivity (Wildman–Crippen MR) is 66.7 cm³/mol. The van der Waals surface area contributed by atoms with Crippen molar-refractivity contribution in [1.82, 2.24) is 9.55 Å². The fourth-order valence-corrected chi connectivity index (χ4v) is 1.79. The van der Waals surface area contributed by atoms with Crippen LogP contribution in [0.5, 0.6) is 0 Å². The summed E-state index contributed by atoms with van der Waals surface area (Å²) >= 11 is 0. The van der Waals surface area contributed by atoms with Crippen molar-refractivity contribution in [1.29, 1.82) is 0 Å². The first kappa shape index (κ1) is 12.6. The summed E-state index contributed by atoms with van der Waals surface area (Å²) in [6.45, 7) is 0.574. The van der Waals surface area contributed by atoms with Gasteiger partial charge in [-0.2, -0.15) is 0 Å². The lowest BCUT2D eigenvalue weighted by molar-refractivity contribution is -0.137. The Labute approximate surface area is 105 Å². The van der Waals surface area contributed by atoms with Crippen molar-refractivity contribution in [3.8, 4) is 0 Å². The Balaban J connectivity index is 1.84. The number of hydrogen-bond donors (Lipinski definition) is 2. The van der Waals surface area contributed by atoms with Crippen molar-refractivity contribution in [2.75, 3.05) is 11.9 Å². The van der Waals surface area contributed by atoms with Gasteiger partial charge in [0.05, 0.1) is 0 Å². The molecule has 1 aliphatic carbocycles. The minimum absolute atomic E-state index is 0.0850. The lowest BCUT2D eigenvalue weighted by Crippen LogP contribution is -2.24. The van der Waals surface area contributed by atoms with Gasteiger partial charge in [0.2, 0.25) is 0 Å². The monoisotopic (exact) mass is 251 g/mol. The van der Waals surface area contributed by atoms with Crippen LogP contribution in [-0.4, -0.2) is 27.2 Å². The van der Waals surface area contributed by atoms with E-state index in [1.54, 1.807) is 17.0 Å². The minimum Gasteiger partial charge on any atom is -0.481 e. The first-order chi connectivity index (χ1) is 8.68. The molecule has 1 aromatic rings. The van der Waals surface area contributed by atoms with E-state index in [0.717, 1.165) is 12.8 Å². The molecule has 1 aliphatic rings. The van der Waals surface area contributed by atoms with Crippen LogP contribution in [0.3, 0.4) is 0 Å². The van der Waals surface area contributed by atoms with Crippen LogP contribution < -0.4 is 10.9 Å². The first-order valence-corrected chi connectivity index (χ1v) is 6.21. The average Bonchev–Trinajstić information content (AvgIpc) is 3.14. The van der Waals surface area contributed by atoms with Crippen LogP contribution in [0.25, 0.3) is 0 Å². The van der Waals surface area contributed by atoms with E-state index >= 15 is 0 Å². The number of nitrogens with zero attached hydrogens (tertiary/aromatic N) is 2. The predicted octanol–water partition coefficient (Wildman–Crippen LogP) is 1.24. The lowest BCUT2D eigenvalue weighted by atomic mass is 10.2. The Morgan fingerprint density at radius 3 is 2.94 bits per heavy atom. The zero-order chi connectivity index (χ0) is 13.0. The Kier molecular flexibility index (Phi) is 3.96. The summed E-state index contributed by atoms with van der Waals surface area (Å²) in [6, 6.07) is 0.341. The van der Waals surface area contributed by atoms with Gasteiger partial charge in [-0.05, 0) is 25.7 Å². The summed E-state index contributed by atoms with van der Waals surface area (Å²) in [5.74, 6) is -0.427. The van der Waals surface area contributed by atoms with Gasteiger partial charge >= 0.3 is 5.97 Å². The third-order valence-electron chi connectivity index (χ3n) is 2.92. The SMILES string of the molecule is O=C(O)CCCCNc1nccn(C2CC2)c1=O. The van der Waals surface area contributed by atoms with Gasteiger partial charge in [0, 0.05) is 31.4 Å². The summed E-state index contributed by atoms with van der Waals surface area (Å²) in [4.78, 5) is 26.3. The van der Waals surface area contributed by atoms with Crippen molar-refractivity contribution >= 4 is 11.8 Å². The topological polar surface area (TPSA) is 84.2 Å². The van der Waals surface area contributed by atoms with Gasteiger partial charge in [0.1, 0.15) is 0 Å². The second-order valence-corrected chi connectivity index (χ2v) is 4.50. The Bertz CT molecular complexity index is 480. The summed E-state index contributed by atoms with van der Waals surface area (Å²) < 4.78 is 1.71. The zero-order valence-corrected chi connectivity index (χ0v) is 10.1. The highest BCUT2D eigenvalue weighted by atomic mass is 16.4. The Hall–Kier alpha value is -1.85. The largest absolute Gasteiger partial charge is 0.481 e. The quantitative estimate of drug-likeness (QED) is 0.712. The lowest BCUT2D eigenvalue weighted by Gasteiger charge is -2.07. The van der Waals surface area contributed by atoms with Crippen molar-refractivity contribution < 1.29 is 9.90 Å². The molecular weight excluding hydrogens is 234 g/mol. The van der Waals surface area contributed by atoms with E-state index in [0.29, 0.717) is 31.2 Å². The molecule has 0 atom stereocenters. The van der Waals surface area contributed by atoms with Crippen molar-refractivity contribution in [3.63, 3.8) is 0 Å². The summed E-state index contributed by atoms with van der Waals surface area (Å²) in [5, 5.41) is 11.5. The maximum absolute atomic E-state index is 12.0. The standard InChI is InChI=1S/C12H17N3O3/c16-10(17)3-1-2-6-13-11-12(18)15(8-7-14-11)9-4-5-9/h7-9H,1-6H2,(H,13,14)(H,16,17). The molecule has 1 aromatic heterocycles. The van der Waals surface area contributed by atoms with E-state index in [4.69, 9.17) is 5.11 Å². The number of aromatic nitrogens is 2. The van der Waals surface area contributed by atoms with E-state index in [-0.39, 0.29) is 12.0 Å². The summed E-state index contributed by atoms with van der Waals surface area (Å²) in [5.41, 5.74) is -0.0850. The van der Waals surface area contributed by atoms with E-state index in [1.807, 2.05) is 0 Å². The molecule has 0 amide bonds. The van der Waals surface area contributed by atoms with E-state index in [2.05, 4.69) is 10.3 Å². The number of anilines is 1. The maximum Gasteiger partial charge on any atom is 0.303 e. The molecule has 2 rings (SSSR count). The van der Waals surface area contributed by atoms with Gasteiger partial charge < -0.3 is 15.0 Å². The number of aliphatic carboxylic acids is 1. The van der Waals surface area contributed by atoms with Gasteiger partial charge in [0.15, 0.2) is 5.82 Å². The summed E-state index contributed by atoms with van der Waals surface area (Å²) in [7, 11) is 0. The second kappa shape index (κ2) is 5.66. The number of carboxylic acids is 1. The Morgan fingerprint density at radius 2 is 2.28 bits per heavy atom. The van der Waals surface area contributed by atoms with Gasteiger partial charge in [0.25, 0.3) is 5.56 Å². The molecule has 6 heteroatoms. The number of rotatable bonds is 7. The smallest absolute Gasteiger partial charge is 0.303 e. The number of carbonyl (C=O) groups is 1. The molecule has 0 aromatic carbocycles. The van der Waals surface area contributed by atoms with Crippen LogP contribution in [0.15, 0.2) is 17.2 Å². The van der Waals surface area contributed by atoms with Gasteiger partial charge in [-0.3, -0.25) is 9.59 Å². The van der Waals surface area contributed by atoms with Crippen molar-refractivity contribution in [2.45, 2.75) is 38.1 Å². The molecular formula is C12H17N3O3. The number of nitrogens with one attached hydrogen (secondary N) is 1. The molecule has 0 saturated heterocycles. The van der Waals surface area contributed by atoms with Crippen molar-refractivity contribution in [3.05, 3.63) is 22.7 Å². The molecule has 1 fully saturated rings. The van der Waals surface area contributed by atoms with Gasteiger partial charge in [-0.25, -0.2) is 4.98 Å². The summed E-state index contributed by atoms with van der Waals surface area (Å²) in [6.07, 6.45) is 6.94. The van der Waals surface area contributed by atoms with Crippen molar-refractivity contribution in [2.24, 2.45) is 0 Å². The van der Waals surface area contributed by atoms with Crippen LogP contribution in [0.4, 0.5) is 5.82 Å². The Morgan fingerprint density at radius 1 is 1.50 bits per heavy atom. The highest BCUT2D eigenvalue weighted by Crippen LogP contribution is 2.33. The molecule has 0 spiro atoms. The van der Waals surface area contributed by atoms with Crippen LogP contribution >= 0.6 is 0 Å². The highest BCUT2D eigenvalue weighted by Gasteiger charge is 2.25. The number of unbranched alkanes of at least 4 members (excludes halogenated alkanes) is 1. The third kappa shape index (κ3) is 3.32. The third-order valence-corrected chi connectivity index (χ3v) is 2.92. The molecule has 6 nitrogen and oxygen atoms in total. The highest BCUT2D eigenvalue weighted by molar-refractivity contribution is 5.66. The molecule has 0 radical (unpaired) electrons. The van der Waals surface area contributed by atoms with E-state index < -0.39 is 5.97 Å². The molecule has 0 bridgehead atoms. The van der Waals surface area contributed by atoms with E-state index in [9.17, 15) is 9.59 Å². The number of carboxylic acid groups (broad SMARTS) is 1. The fraction of sp³-hybridized carbons (Fsp3) is 0.583. The van der Waals surface area contributed by atoms with E-state index in [1.165, 1.54) is 0 Å². The molecule has 0 unspecified atom stereocenters. The number of hydrogen-bond acceptors (Lipinski definition) is 4. The van der Waals surface area contributed by atoms with Gasteiger partial charge in [-0.15, -0.1) is 0 Å². The van der Waals surface area contributed by atoms with Crippen LogP contribution in [-0.2, 0) is 4.79 Å². The zero-order valence-electron chi connectivity index (χ0n) is 10.1. The molecule has 0 aliphatic heterocycles.